The van der Waals surface area contributed by atoms with E-state index in [1.807, 2.05) is 30.3 Å². The maximum Gasteiger partial charge on any atom is 0.233 e. The highest BCUT2D eigenvalue weighted by molar-refractivity contribution is 5.76. The van der Waals surface area contributed by atoms with Gasteiger partial charge in [0, 0.05) is 11.8 Å². The Morgan fingerprint density at radius 1 is 1.19 bits per heavy atom. The minimum atomic E-state index is 0.302. The molecule has 108 valence electrons. The number of rotatable bonds is 4. The number of ether oxygens (including phenoxy) is 1. The van der Waals surface area contributed by atoms with Crippen LogP contribution in [0.25, 0.3) is 11.1 Å². The number of nitrogens with two attached hydrogens (primary N) is 1. The van der Waals surface area contributed by atoms with E-state index in [0.29, 0.717) is 29.7 Å². The number of anilines is 1. The Hall–Kier alpha value is -2.49. The number of nitrogens with zero attached hydrogens (tertiary/aromatic N) is 1. The first-order valence-electron chi connectivity index (χ1n) is 6.99. The fourth-order valence-corrected chi connectivity index (χ4v) is 2.16. The van der Waals surface area contributed by atoms with Gasteiger partial charge in [0.05, 0.1) is 0 Å². The summed E-state index contributed by atoms with van der Waals surface area (Å²) in [6.45, 7) is 4.62. The summed E-state index contributed by atoms with van der Waals surface area (Å²) >= 11 is 0. The topological polar surface area (TPSA) is 61.3 Å². The van der Waals surface area contributed by atoms with Gasteiger partial charge >= 0.3 is 0 Å². The first-order valence-corrected chi connectivity index (χ1v) is 6.99. The molecule has 1 heterocycles. The molecule has 0 saturated carbocycles. The molecule has 3 aromatic rings. The van der Waals surface area contributed by atoms with Crippen molar-refractivity contribution in [1.29, 1.82) is 0 Å². The van der Waals surface area contributed by atoms with Crippen molar-refractivity contribution in [3.8, 4) is 5.75 Å². The van der Waals surface area contributed by atoms with E-state index in [0.717, 1.165) is 11.3 Å². The van der Waals surface area contributed by atoms with Crippen molar-refractivity contribution in [3.05, 3.63) is 53.9 Å². The summed E-state index contributed by atoms with van der Waals surface area (Å²) in [7, 11) is 0. The number of hydrogen-bond donors (Lipinski definition) is 1. The summed E-state index contributed by atoms with van der Waals surface area (Å²) in [5.74, 6) is 1.84. The van der Waals surface area contributed by atoms with Crippen molar-refractivity contribution in [2.45, 2.75) is 26.4 Å². The number of aromatic nitrogens is 1. The molecule has 0 spiro atoms. The molecule has 4 nitrogen and oxygen atoms in total. The van der Waals surface area contributed by atoms with E-state index in [1.165, 1.54) is 5.56 Å². The minimum absolute atomic E-state index is 0.302. The second kappa shape index (κ2) is 5.48. The van der Waals surface area contributed by atoms with Gasteiger partial charge in [-0.25, -0.2) is 4.98 Å². The highest BCUT2D eigenvalue weighted by atomic mass is 16.5. The number of hydrogen-bond acceptors (Lipinski definition) is 4. The maximum atomic E-state index is 5.76. The summed E-state index contributed by atoms with van der Waals surface area (Å²) in [6.07, 6.45) is 0. The molecule has 0 aliphatic rings. The van der Waals surface area contributed by atoms with E-state index in [9.17, 15) is 0 Å². The SMILES string of the molecule is CC(C)c1cccc(OCc2nc3ccc(N)cc3o2)c1. The van der Waals surface area contributed by atoms with Crippen LogP contribution < -0.4 is 10.5 Å². The number of fused-ring (bicyclic) bond motifs is 1. The van der Waals surface area contributed by atoms with Crippen LogP contribution in [0.15, 0.2) is 46.9 Å². The summed E-state index contributed by atoms with van der Waals surface area (Å²) in [4.78, 5) is 4.38. The van der Waals surface area contributed by atoms with Gasteiger partial charge in [0.1, 0.15) is 11.3 Å². The zero-order valence-corrected chi connectivity index (χ0v) is 12.2. The number of nitrogen functional groups attached to an aromatic ring is 1. The van der Waals surface area contributed by atoms with Gasteiger partial charge in [-0.05, 0) is 35.7 Å². The number of benzene rings is 2. The van der Waals surface area contributed by atoms with Gasteiger partial charge in [-0.15, -0.1) is 0 Å². The van der Waals surface area contributed by atoms with Gasteiger partial charge in [-0.1, -0.05) is 26.0 Å². The zero-order valence-electron chi connectivity index (χ0n) is 12.2. The monoisotopic (exact) mass is 282 g/mol. The quantitative estimate of drug-likeness (QED) is 0.731. The molecular formula is C17H18N2O2. The van der Waals surface area contributed by atoms with Crippen molar-refractivity contribution >= 4 is 16.8 Å². The average molecular weight is 282 g/mol. The van der Waals surface area contributed by atoms with Crippen molar-refractivity contribution in [2.24, 2.45) is 0 Å². The molecule has 0 bridgehead atoms. The first-order chi connectivity index (χ1) is 10.1. The highest BCUT2D eigenvalue weighted by Crippen LogP contribution is 2.22. The molecule has 0 aliphatic heterocycles. The fourth-order valence-electron chi connectivity index (χ4n) is 2.16. The molecule has 2 N–H and O–H groups in total. The third-order valence-corrected chi connectivity index (χ3v) is 3.34. The molecule has 2 aromatic carbocycles. The van der Waals surface area contributed by atoms with Crippen LogP contribution in [-0.2, 0) is 6.61 Å². The van der Waals surface area contributed by atoms with Crippen LogP contribution in [0.1, 0.15) is 31.2 Å². The highest BCUT2D eigenvalue weighted by Gasteiger charge is 2.07. The Balaban J connectivity index is 1.75. The van der Waals surface area contributed by atoms with Crippen LogP contribution in [0.2, 0.25) is 0 Å². The molecule has 0 amide bonds. The predicted octanol–water partition coefficient (Wildman–Crippen LogP) is 4.11. The van der Waals surface area contributed by atoms with Gasteiger partial charge < -0.3 is 14.9 Å². The summed E-state index contributed by atoms with van der Waals surface area (Å²) in [6, 6.07) is 13.5. The van der Waals surface area contributed by atoms with E-state index in [-0.39, 0.29) is 0 Å². The van der Waals surface area contributed by atoms with Crippen LogP contribution in [-0.4, -0.2) is 4.98 Å². The van der Waals surface area contributed by atoms with Gasteiger partial charge in [0.2, 0.25) is 5.89 Å². The molecule has 4 heteroatoms. The molecule has 0 fully saturated rings. The summed E-state index contributed by atoms with van der Waals surface area (Å²) in [5, 5.41) is 0. The Morgan fingerprint density at radius 2 is 2.05 bits per heavy atom. The predicted molar refractivity (Wildman–Crippen MR) is 83.3 cm³/mol. The third-order valence-electron chi connectivity index (χ3n) is 3.34. The van der Waals surface area contributed by atoms with Crippen LogP contribution in [0.3, 0.4) is 0 Å². The second-order valence-corrected chi connectivity index (χ2v) is 5.35. The fraction of sp³-hybridized carbons (Fsp3) is 0.235. The molecule has 0 aliphatic carbocycles. The molecule has 0 unspecified atom stereocenters. The Morgan fingerprint density at radius 3 is 2.86 bits per heavy atom. The molecule has 0 saturated heterocycles. The number of oxazole rings is 1. The zero-order chi connectivity index (χ0) is 14.8. The normalized spacial score (nSPS) is 11.2. The molecular weight excluding hydrogens is 264 g/mol. The standard InChI is InChI=1S/C17H18N2O2/c1-11(2)12-4-3-5-14(8-12)20-10-17-19-15-7-6-13(18)9-16(15)21-17/h3-9,11H,10,18H2,1-2H3. The molecule has 0 atom stereocenters. The van der Waals surface area contributed by atoms with Crippen LogP contribution in [0.4, 0.5) is 5.69 Å². The lowest BCUT2D eigenvalue weighted by Crippen LogP contribution is -1.96. The van der Waals surface area contributed by atoms with Crippen molar-refractivity contribution < 1.29 is 9.15 Å². The van der Waals surface area contributed by atoms with Gasteiger partial charge in [-0.2, -0.15) is 0 Å². The van der Waals surface area contributed by atoms with E-state index >= 15 is 0 Å². The Kier molecular flexibility index (Phi) is 3.52. The molecule has 3 rings (SSSR count). The molecule has 0 radical (unpaired) electrons. The molecule has 21 heavy (non-hydrogen) atoms. The van der Waals surface area contributed by atoms with Crippen molar-refractivity contribution in [1.82, 2.24) is 4.98 Å². The van der Waals surface area contributed by atoms with Gasteiger partial charge in [0.15, 0.2) is 12.2 Å². The van der Waals surface area contributed by atoms with E-state index in [2.05, 4.69) is 24.9 Å². The maximum absolute atomic E-state index is 5.76. The van der Waals surface area contributed by atoms with Gasteiger partial charge in [0.25, 0.3) is 0 Å². The summed E-state index contributed by atoms with van der Waals surface area (Å²) in [5.41, 5.74) is 9.11. The van der Waals surface area contributed by atoms with Crippen molar-refractivity contribution in [2.75, 3.05) is 5.73 Å². The first kappa shape index (κ1) is 13.5. The van der Waals surface area contributed by atoms with Gasteiger partial charge in [-0.3, -0.25) is 0 Å². The minimum Gasteiger partial charge on any atom is -0.484 e. The summed E-state index contributed by atoms with van der Waals surface area (Å²) < 4.78 is 11.4. The van der Waals surface area contributed by atoms with E-state index < -0.39 is 0 Å². The van der Waals surface area contributed by atoms with E-state index in [4.69, 9.17) is 14.9 Å². The van der Waals surface area contributed by atoms with E-state index in [1.54, 1.807) is 6.07 Å². The lowest BCUT2D eigenvalue weighted by Gasteiger charge is -2.08. The smallest absolute Gasteiger partial charge is 0.233 e. The largest absolute Gasteiger partial charge is 0.484 e. The van der Waals surface area contributed by atoms with Crippen molar-refractivity contribution in [3.63, 3.8) is 0 Å². The Labute approximate surface area is 123 Å². The lowest BCUT2D eigenvalue weighted by atomic mass is 10.0. The Bertz CT molecular complexity index is 762. The molecule has 1 aromatic heterocycles. The second-order valence-electron chi connectivity index (χ2n) is 5.35. The third kappa shape index (κ3) is 2.99. The van der Waals surface area contributed by atoms with Crippen LogP contribution in [0.5, 0.6) is 5.75 Å². The average Bonchev–Trinajstić information content (AvgIpc) is 2.87. The van der Waals surface area contributed by atoms with Crippen LogP contribution >= 0.6 is 0 Å². The van der Waals surface area contributed by atoms with Crippen LogP contribution in [0, 0.1) is 0 Å². The lowest BCUT2D eigenvalue weighted by molar-refractivity contribution is 0.267.